The first kappa shape index (κ1) is 16.7. The molecule has 1 atom stereocenters. The van der Waals surface area contributed by atoms with Gasteiger partial charge in [0.05, 0.1) is 4.90 Å². The highest BCUT2D eigenvalue weighted by atomic mass is 32.2. The van der Waals surface area contributed by atoms with Crippen molar-refractivity contribution >= 4 is 26.7 Å². The molecule has 24 heavy (non-hydrogen) atoms. The highest BCUT2D eigenvalue weighted by molar-refractivity contribution is 7.89. The monoisotopic (exact) mass is 344 g/mol. The van der Waals surface area contributed by atoms with Crippen LogP contribution in [0.5, 0.6) is 0 Å². The van der Waals surface area contributed by atoms with Crippen LogP contribution in [-0.4, -0.2) is 37.8 Å². The van der Waals surface area contributed by atoms with Crippen LogP contribution < -0.4 is 5.32 Å². The zero-order valence-corrected chi connectivity index (χ0v) is 14.1. The number of carbonyl (C=O) groups is 1. The van der Waals surface area contributed by atoms with Crippen molar-refractivity contribution < 1.29 is 13.2 Å². The minimum absolute atomic E-state index is 0.227. The van der Waals surface area contributed by atoms with E-state index in [4.69, 9.17) is 0 Å². The summed E-state index contributed by atoms with van der Waals surface area (Å²) in [6, 6.07) is 12.0. The number of nitrogens with one attached hydrogen (secondary N) is 1. The Balaban J connectivity index is 1.92. The largest absolute Gasteiger partial charge is 0.351 e. The molecular formula is C18H20N2O3S. The quantitative estimate of drug-likeness (QED) is 0.847. The van der Waals surface area contributed by atoms with Gasteiger partial charge in [-0.1, -0.05) is 36.4 Å². The van der Waals surface area contributed by atoms with E-state index in [1.807, 2.05) is 24.3 Å². The molecule has 0 radical (unpaired) electrons. The Bertz CT molecular complexity index is 877. The lowest BCUT2D eigenvalue weighted by atomic mass is 10.1. The number of rotatable bonds is 5. The molecule has 0 aromatic heterocycles. The van der Waals surface area contributed by atoms with E-state index in [9.17, 15) is 13.2 Å². The summed E-state index contributed by atoms with van der Waals surface area (Å²) in [6.45, 7) is 4.25. The Hall–Kier alpha value is -2.18. The number of sulfonamides is 1. The summed E-state index contributed by atoms with van der Waals surface area (Å²) in [5.74, 6) is -0.267. The van der Waals surface area contributed by atoms with Crippen LogP contribution in [-0.2, 0) is 14.8 Å². The second kappa shape index (κ2) is 6.75. The molecule has 0 saturated carbocycles. The fourth-order valence-corrected chi connectivity index (χ4v) is 4.74. The lowest BCUT2D eigenvalue weighted by Crippen LogP contribution is -2.45. The minimum Gasteiger partial charge on any atom is -0.351 e. The zero-order valence-electron chi connectivity index (χ0n) is 13.3. The number of carbonyl (C=O) groups excluding carboxylic acids is 1. The molecule has 3 rings (SSSR count). The fourth-order valence-electron chi connectivity index (χ4n) is 3.04. The highest BCUT2D eigenvalue weighted by Gasteiger charge is 2.39. The number of fused-ring (bicyclic) bond motifs is 1. The maximum Gasteiger partial charge on any atom is 0.243 e. The molecule has 2 aromatic carbocycles. The molecule has 126 valence electrons. The van der Waals surface area contributed by atoms with Crippen molar-refractivity contribution in [3.05, 3.63) is 55.1 Å². The van der Waals surface area contributed by atoms with Gasteiger partial charge in [-0.2, -0.15) is 4.31 Å². The Labute approximate surface area is 142 Å². The average Bonchev–Trinajstić information content (AvgIpc) is 3.10. The Morgan fingerprint density at radius 3 is 2.75 bits per heavy atom. The van der Waals surface area contributed by atoms with Gasteiger partial charge in [-0.25, -0.2) is 8.42 Å². The fraction of sp³-hybridized carbons (Fsp3) is 0.278. The summed E-state index contributed by atoms with van der Waals surface area (Å²) in [4.78, 5) is 12.5. The maximum absolute atomic E-state index is 13.0. The molecule has 1 heterocycles. The lowest BCUT2D eigenvalue weighted by molar-refractivity contribution is -0.123. The molecule has 1 aliphatic rings. The SMILES string of the molecule is C=CCNC(=O)[C@@H]1CCCN1S(=O)(=O)c1ccc2ccccc2c1. The molecule has 6 heteroatoms. The summed E-state index contributed by atoms with van der Waals surface area (Å²) >= 11 is 0. The van der Waals surface area contributed by atoms with E-state index < -0.39 is 16.1 Å². The van der Waals surface area contributed by atoms with Gasteiger partial charge in [-0.15, -0.1) is 6.58 Å². The molecule has 2 aromatic rings. The van der Waals surface area contributed by atoms with Crippen molar-refractivity contribution in [2.45, 2.75) is 23.8 Å². The Kier molecular flexibility index (Phi) is 4.69. The van der Waals surface area contributed by atoms with Crippen molar-refractivity contribution in [2.75, 3.05) is 13.1 Å². The lowest BCUT2D eigenvalue weighted by Gasteiger charge is -2.23. The third kappa shape index (κ3) is 3.07. The van der Waals surface area contributed by atoms with Crippen LogP contribution in [0, 0.1) is 0 Å². The predicted molar refractivity (Wildman–Crippen MR) is 94.1 cm³/mol. The van der Waals surface area contributed by atoms with Crippen LogP contribution in [0.15, 0.2) is 60.0 Å². The van der Waals surface area contributed by atoms with E-state index in [0.717, 1.165) is 10.8 Å². The Morgan fingerprint density at radius 2 is 2.00 bits per heavy atom. The standard InChI is InChI=1S/C18H20N2O3S/c1-2-11-19-18(21)17-8-5-12-20(17)24(22,23)16-10-9-14-6-3-4-7-15(14)13-16/h2-4,6-7,9-10,13,17H,1,5,8,11-12H2,(H,19,21)/t17-/m0/s1. The summed E-state index contributed by atoms with van der Waals surface area (Å²) in [5, 5.41) is 4.54. The first-order valence-electron chi connectivity index (χ1n) is 7.93. The van der Waals surface area contributed by atoms with Gasteiger partial charge in [0.25, 0.3) is 0 Å². The maximum atomic E-state index is 13.0. The zero-order chi connectivity index (χ0) is 17.2. The summed E-state index contributed by atoms with van der Waals surface area (Å²) in [6.07, 6.45) is 2.80. The summed E-state index contributed by atoms with van der Waals surface area (Å²) in [7, 11) is -3.70. The molecule has 5 nitrogen and oxygen atoms in total. The van der Waals surface area contributed by atoms with Gasteiger partial charge < -0.3 is 5.32 Å². The van der Waals surface area contributed by atoms with E-state index in [1.54, 1.807) is 24.3 Å². The highest BCUT2D eigenvalue weighted by Crippen LogP contribution is 2.28. The normalized spacial score (nSPS) is 18.6. The van der Waals surface area contributed by atoms with Crippen molar-refractivity contribution in [2.24, 2.45) is 0 Å². The van der Waals surface area contributed by atoms with Gasteiger partial charge in [0, 0.05) is 13.1 Å². The van der Waals surface area contributed by atoms with Crippen molar-refractivity contribution in [3.63, 3.8) is 0 Å². The smallest absolute Gasteiger partial charge is 0.243 e. The van der Waals surface area contributed by atoms with E-state index in [0.29, 0.717) is 25.9 Å². The molecule has 0 bridgehead atoms. The number of amides is 1. The van der Waals surface area contributed by atoms with Gasteiger partial charge in [-0.05, 0) is 35.7 Å². The Morgan fingerprint density at radius 1 is 1.25 bits per heavy atom. The third-order valence-corrected chi connectivity index (χ3v) is 6.16. The molecule has 1 aliphatic heterocycles. The predicted octanol–water partition coefficient (Wildman–Crippen LogP) is 2.30. The van der Waals surface area contributed by atoms with E-state index in [-0.39, 0.29) is 10.8 Å². The number of nitrogens with zero attached hydrogens (tertiary/aromatic N) is 1. The molecule has 0 spiro atoms. The average molecular weight is 344 g/mol. The van der Waals surface area contributed by atoms with Crippen molar-refractivity contribution in [1.82, 2.24) is 9.62 Å². The van der Waals surface area contributed by atoms with Gasteiger partial charge in [0.1, 0.15) is 6.04 Å². The van der Waals surface area contributed by atoms with Crippen molar-refractivity contribution in [3.8, 4) is 0 Å². The van der Waals surface area contributed by atoms with E-state index in [1.165, 1.54) is 4.31 Å². The van der Waals surface area contributed by atoms with Gasteiger partial charge in [0.15, 0.2) is 0 Å². The topological polar surface area (TPSA) is 66.5 Å². The molecule has 1 N–H and O–H groups in total. The van der Waals surface area contributed by atoms with Gasteiger partial charge >= 0.3 is 0 Å². The van der Waals surface area contributed by atoms with Crippen LogP contribution in [0.4, 0.5) is 0 Å². The second-order valence-corrected chi connectivity index (χ2v) is 7.71. The van der Waals surface area contributed by atoms with Crippen LogP contribution >= 0.6 is 0 Å². The molecular weight excluding hydrogens is 324 g/mol. The van der Waals surface area contributed by atoms with Crippen molar-refractivity contribution in [1.29, 1.82) is 0 Å². The molecule has 1 amide bonds. The summed E-state index contributed by atoms with van der Waals surface area (Å²) in [5.41, 5.74) is 0. The first-order valence-corrected chi connectivity index (χ1v) is 9.37. The summed E-state index contributed by atoms with van der Waals surface area (Å²) < 4.78 is 27.3. The van der Waals surface area contributed by atoms with Crippen LogP contribution in [0.25, 0.3) is 10.8 Å². The van der Waals surface area contributed by atoms with Crippen LogP contribution in [0.2, 0.25) is 0 Å². The molecule has 1 saturated heterocycles. The minimum atomic E-state index is -3.70. The molecule has 0 unspecified atom stereocenters. The van der Waals surface area contributed by atoms with Crippen LogP contribution in [0.1, 0.15) is 12.8 Å². The second-order valence-electron chi connectivity index (χ2n) is 5.82. The number of hydrogen-bond donors (Lipinski definition) is 1. The van der Waals surface area contributed by atoms with Crippen LogP contribution in [0.3, 0.4) is 0 Å². The van der Waals surface area contributed by atoms with E-state index >= 15 is 0 Å². The van der Waals surface area contributed by atoms with Gasteiger partial charge in [-0.3, -0.25) is 4.79 Å². The number of hydrogen-bond acceptors (Lipinski definition) is 3. The molecule has 1 fully saturated rings. The third-order valence-electron chi connectivity index (χ3n) is 4.25. The van der Waals surface area contributed by atoms with Gasteiger partial charge in [0.2, 0.25) is 15.9 Å². The van der Waals surface area contributed by atoms with E-state index in [2.05, 4.69) is 11.9 Å². The first-order chi connectivity index (χ1) is 11.5. The number of benzene rings is 2. The molecule has 0 aliphatic carbocycles.